The smallest absolute Gasteiger partial charge is 0.341 e. The topological polar surface area (TPSA) is 122 Å². The van der Waals surface area contributed by atoms with E-state index in [1.807, 2.05) is 17.5 Å². The number of phenols is 1. The van der Waals surface area contributed by atoms with E-state index in [1.54, 1.807) is 0 Å². The zero-order valence-corrected chi connectivity index (χ0v) is 17.4. The summed E-state index contributed by atoms with van der Waals surface area (Å²) in [5.74, 6) is -1.74. The summed E-state index contributed by atoms with van der Waals surface area (Å²) in [6.07, 6.45) is 0. The first-order valence-corrected chi connectivity index (χ1v) is 11.0. The monoisotopic (exact) mass is 446 g/mol. The van der Waals surface area contributed by atoms with Crippen LogP contribution in [0.15, 0.2) is 64.9 Å². The zero-order chi connectivity index (χ0) is 21.7. The fourth-order valence-electron chi connectivity index (χ4n) is 2.56. The van der Waals surface area contributed by atoms with Crippen molar-refractivity contribution in [3.05, 3.63) is 76.0 Å². The van der Waals surface area contributed by atoms with E-state index in [1.165, 1.54) is 60.9 Å². The number of rotatable bonds is 7. The Morgan fingerprint density at radius 1 is 1.07 bits per heavy atom. The van der Waals surface area contributed by atoms with Gasteiger partial charge in [0.15, 0.2) is 5.75 Å². The number of esters is 1. The number of amides is 1. The predicted octanol–water partition coefficient (Wildman–Crippen LogP) is 2.97. The Morgan fingerprint density at radius 3 is 2.43 bits per heavy atom. The molecule has 0 saturated heterocycles. The fraction of sp³-hybridized carbons (Fsp3) is 0.100. The van der Waals surface area contributed by atoms with Crippen LogP contribution in [-0.2, 0) is 21.3 Å². The highest BCUT2D eigenvalue weighted by molar-refractivity contribution is 7.89. The van der Waals surface area contributed by atoms with E-state index < -0.39 is 27.6 Å². The third-order valence-electron chi connectivity index (χ3n) is 4.13. The molecule has 3 N–H and O–H groups in total. The number of thiophene rings is 1. The second-order valence-electron chi connectivity index (χ2n) is 6.08. The van der Waals surface area contributed by atoms with Crippen molar-refractivity contribution in [3.8, 4) is 5.75 Å². The quantitative estimate of drug-likeness (QED) is 0.379. The van der Waals surface area contributed by atoms with Crippen molar-refractivity contribution in [2.45, 2.75) is 11.4 Å². The maximum Gasteiger partial charge on any atom is 0.341 e. The first kappa shape index (κ1) is 21.5. The van der Waals surface area contributed by atoms with Gasteiger partial charge in [-0.3, -0.25) is 4.79 Å². The fourth-order valence-corrected chi connectivity index (χ4v) is 4.30. The number of hydrogen-bond donors (Lipinski definition) is 3. The molecule has 30 heavy (non-hydrogen) atoms. The molecule has 0 saturated carbocycles. The van der Waals surface area contributed by atoms with E-state index in [9.17, 15) is 23.1 Å². The second kappa shape index (κ2) is 9.08. The number of ether oxygens (including phenoxy) is 1. The molecule has 0 aliphatic carbocycles. The first-order valence-electron chi connectivity index (χ1n) is 8.65. The molecule has 0 unspecified atom stereocenters. The summed E-state index contributed by atoms with van der Waals surface area (Å²) in [5.41, 5.74) is 0.112. The highest BCUT2D eigenvalue weighted by Gasteiger charge is 2.18. The maximum absolute atomic E-state index is 12.5. The minimum Gasteiger partial charge on any atom is -0.505 e. The Hall–Kier alpha value is -3.21. The molecule has 0 aliphatic rings. The Morgan fingerprint density at radius 2 is 1.80 bits per heavy atom. The van der Waals surface area contributed by atoms with Gasteiger partial charge in [-0.05, 0) is 47.8 Å². The number of carbonyl (C=O) groups is 2. The third kappa shape index (κ3) is 4.85. The molecule has 0 bridgehead atoms. The van der Waals surface area contributed by atoms with Crippen LogP contribution < -0.4 is 10.0 Å². The standard InChI is InChI=1S/C20H18N2O6S2/c1-28-20(25)16-5-2-6-17(18(16)23)22-19(24)13-7-9-15(10-8-13)30(26,27)21-12-14-4-3-11-29-14/h2-11,21,23H,12H2,1H3,(H,22,24). The summed E-state index contributed by atoms with van der Waals surface area (Å²) < 4.78 is 31.9. The number of sulfonamides is 1. The number of methoxy groups -OCH3 is 1. The number of aromatic hydroxyl groups is 1. The van der Waals surface area contributed by atoms with Crippen LogP contribution in [0.2, 0.25) is 0 Å². The number of anilines is 1. The van der Waals surface area contributed by atoms with Gasteiger partial charge in [0, 0.05) is 17.0 Å². The Balaban J connectivity index is 1.72. The number of para-hydroxylation sites is 1. The molecule has 0 radical (unpaired) electrons. The van der Waals surface area contributed by atoms with Crippen molar-refractivity contribution < 1.29 is 27.9 Å². The predicted molar refractivity (Wildman–Crippen MR) is 112 cm³/mol. The zero-order valence-electron chi connectivity index (χ0n) is 15.8. The normalized spacial score (nSPS) is 11.1. The molecule has 3 rings (SSSR count). The molecule has 0 fully saturated rings. The van der Waals surface area contributed by atoms with Crippen LogP contribution in [0.25, 0.3) is 0 Å². The van der Waals surface area contributed by atoms with Crippen LogP contribution >= 0.6 is 11.3 Å². The Kier molecular flexibility index (Phi) is 6.50. The van der Waals surface area contributed by atoms with Gasteiger partial charge in [0.1, 0.15) is 5.56 Å². The van der Waals surface area contributed by atoms with Gasteiger partial charge in [0.05, 0.1) is 17.7 Å². The van der Waals surface area contributed by atoms with Crippen molar-refractivity contribution in [1.29, 1.82) is 0 Å². The maximum atomic E-state index is 12.5. The highest BCUT2D eigenvalue weighted by Crippen LogP contribution is 2.28. The van der Waals surface area contributed by atoms with Crippen LogP contribution in [0, 0.1) is 0 Å². The number of benzene rings is 2. The number of hydrogen-bond acceptors (Lipinski definition) is 7. The lowest BCUT2D eigenvalue weighted by Crippen LogP contribution is -2.23. The minimum absolute atomic E-state index is 0.0196. The van der Waals surface area contributed by atoms with E-state index >= 15 is 0 Å². The van der Waals surface area contributed by atoms with E-state index in [0.29, 0.717) is 0 Å². The van der Waals surface area contributed by atoms with Gasteiger partial charge in [-0.15, -0.1) is 11.3 Å². The van der Waals surface area contributed by atoms with Gasteiger partial charge in [0.25, 0.3) is 5.91 Å². The molecule has 3 aromatic rings. The van der Waals surface area contributed by atoms with Crippen molar-refractivity contribution in [2.24, 2.45) is 0 Å². The Bertz CT molecular complexity index is 1160. The van der Waals surface area contributed by atoms with Crippen LogP contribution in [0.1, 0.15) is 25.6 Å². The molecule has 0 spiro atoms. The summed E-state index contributed by atoms with van der Waals surface area (Å²) in [6.45, 7) is 0.179. The summed E-state index contributed by atoms with van der Waals surface area (Å²) in [7, 11) is -2.55. The molecular formula is C20H18N2O6S2. The molecule has 1 heterocycles. The van der Waals surface area contributed by atoms with E-state index in [-0.39, 0.29) is 28.3 Å². The van der Waals surface area contributed by atoms with Crippen molar-refractivity contribution >= 4 is 38.9 Å². The van der Waals surface area contributed by atoms with E-state index in [4.69, 9.17) is 0 Å². The van der Waals surface area contributed by atoms with Gasteiger partial charge < -0.3 is 15.2 Å². The number of phenolic OH excluding ortho intramolecular Hbond substituents is 1. The highest BCUT2D eigenvalue weighted by atomic mass is 32.2. The lowest BCUT2D eigenvalue weighted by Gasteiger charge is -2.10. The first-order chi connectivity index (χ1) is 14.3. The van der Waals surface area contributed by atoms with Gasteiger partial charge in [-0.2, -0.15) is 0 Å². The van der Waals surface area contributed by atoms with Gasteiger partial charge in [0.2, 0.25) is 10.0 Å². The van der Waals surface area contributed by atoms with Gasteiger partial charge >= 0.3 is 5.97 Å². The number of carbonyl (C=O) groups excluding carboxylic acids is 2. The van der Waals surface area contributed by atoms with Crippen LogP contribution in [0.4, 0.5) is 5.69 Å². The van der Waals surface area contributed by atoms with Crippen molar-refractivity contribution in [3.63, 3.8) is 0 Å². The molecule has 1 aromatic heterocycles. The molecule has 0 atom stereocenters. The summed E-state index contributed by atoms with van der Waals surface area (Å²) in [6, 6.07) is 13.3. The summed E-state index contributed by atoms with van der Waals surface area (Å²) >= 11 is 1.44. The van der Waals surface area contributed by atoms with E-state index in [2.05, 4.69) is 14.8 Å². The molecule has 10 heteroatoms. The SMILES string of the molecule is COC(=O)c1cccc(NC(=O)c2ccc(S(=O)(=O)NCc3cccs3)cc2)c1O. The van der Waals surface area contributed by atoms with Crippen LogP contribution in [0.5, 0.6) is 5.75 Å². The Labute approximate surface area is 177 Å². The van der Waals surface area contributed by atoms with Gasteiger partial charge in [-0.25, -0.2) is 17.9 Å². The average molecular weight is 447 g/mol. The number of nitrogens with one attached hydrogen (secondary N) is 2. The van der Waals surface area contributed by atoms with Crippen molar-refractivity contribution in [2.75, 3.05) is 12.4 Å². The minimum atomic E-state index is -3.73. The van der Waals surface area contributed by atoms with Gasteiger partial charge in [-0.1, -0.05) is 12.1 Å². The molecule has 2 aromatic carbocycles. The third-order valence-corrected chi connectivity index (χ3v) is 6.43. The largest absolute Gasteiger partial charge is 0.505 e. The molecular weight excluding hydrogens is 428 g/mol. The molecule has 0 aliphatic heterocycles. The van der Waals surface area contributed by atoms with Crippen LogP contribution in [0.3, 0.4) is 0 Å². The lowest BCUT2D eigenvalue weighted by molar-refractivity contribution is 0.0597. The summed E-state index contributed by atoms with van der Waals surface area (Å²) in [5, 5.41) is 14.5. The second-order valence-corrected chi connectivity index (χ2v) is 8.87. The van der Waals surface area contributed by atoms with E-state index in [0.717, 1.165) is 4.88 Å². The average Bonchev–Trinajstić information content (AvgIpc) is 3.27. The molecule has 8 nitrogen and oxygen atoms in total. The van der Waals surface area contributed by atoms with Crippen LogP contribution in [-0.4, -0.2) is 32.5 Å². The van der Waals surface area contributed by atoms with Crippen molar-refractivity contribution in [1.82, 2.24) is 4.72 Å². The molecule has 1 amide bonds. The molecule has 156 valence electrons. The lowest BCUT2D eigenvalue weighted by atomic mass is 10.1. The summed E-state index contributed by atoms with van der Waals surface area (Å²) in [4.78, 5) is 25.0.